The summed E-state index contributed by atoms with van der Waals surface area (Å²) in [7, 11) is -3.37. The Morgan fingerprint density at radius 1 is 1.37 bits per heavy atom. The second-order valence-electron chi connectivity index (χ2n) is 5.56. The van der Waals surface area contributed by atoms with Gasteiger partial charge in [-0.05, 0) is 37.7 Å². The topological polar surface area (TPSA) is 57.6 Å². The molecular weight excluding hydrogens is 282 g/mol. The molecule has 2 heterocycles. The fourth-order valence-electron chi connectivity index (χ4n) is 3.39. The van der Waals surface area contributed by atoms with Crippen LogP contribution in [0.25, 0.3) is 0 Å². The van der Waals surface area contributed by atoms with Crippen LogP contribution in [0, 0.1) is 18.8 Å². The average Bonchev–Trinajstić information content (AvgIpc) is 3.00. The minimum atomic E-state index is -3.37. The van der Waals surface area contributed by atoms with Crippen LogP contribution in [-0.4, -0.2) is 30.9 Å². The van der Waals surface area contributed by atoms with E-state index in [1.807, 2.05) is 6.92 Å². The summed E-state index contributed by atoms with van der Waals surface area (Å²) in [6.45, 7) is 3.08. The summed E-state index contributed by atoms with van der Waals surface area (Å²) in [4.78, 5) is 1.89. The lowest BCUT2D eigenvalue weighted by atomic mass is 10.0. The second kappa shape index (κ2) is 4.84. The van der Waals surface area contributed by atoms with Gasteiger partial charge in [0.1, 0.15) is 0 Å². The fraction of sp³-hybridized carbons (Fsp3) is 0.692. The van der Waals surface area contributed by atoms with Gasteiger partial charge in [0.2, 0.25) is 10.0 Å². The number of hydrogen-bond donors (Lipinski definition) is 1. The highest BCUT2D eigenvalue weighted by atomic mass is 32.2. The van der Waals surface area contributed by atoms with Crippen molar-refractivity contribution >= 4 is 21.4 Å². The highest BCUT2D eigenvalue weighted by Gasteiger charge is 2.42. The van der Waals surface area contributed by atoms with E-state index in [2.05, 4.69) is 0 Å². The summed E-state index contributed by atoms with van der Waals surface area (Å²) in [5.41, 5.74) is 0. The number of thiophene rings is 1. The zero-order valence-corrected chi connectivity index (χ0v) is 12.6. The number of aliphatic hydroxyl groups is 1. The number of aryl methyl sites for hydroxylation is 1. The van der Waals surface area contributed by atoms with E-state index in [0.717, 1.165) is 9.75 Å². The van der Waals surface area contributed by atoms with Crippen molar-refractivity contribution in [1.29, 1.82) is 0 Å². The Kier molecular flexibility index (Phi) is 3.45. The Bertz CT molecular complexity index is 567. The van der Waals surface area contributed by atoms with E-state index >= 15 is 0 Å². The molecule has 1 aliphatic carbocycles. The SMILES string of the molecule is Cc1sc(CO)cc1S(=O)(=O)N1CC2CCCC2C1. The highest BCUT2D eigenvalue weighted by molar-refractivity contribution is 7.89. The summed E-state index contributed by atoms with van der Waals surface area (Å²) in [6, 6.07) is 1.63. The molecule has 6 heteroatoms. The Balaban J connectivity index is 1.88. The van der Waals surface area contributed by atoms with Gasteiger partial charge in [-0.1, -0.05) is 6.42 Å². The molecule has 1 saturated carbocycles. The highest BCUT2D eigenvalue weighted by Crippen LogP contribution is 2.40. The van der Waals surface area contributed by atoms with E-state index in [-0.39, 0.29) is 6.61 Å². The number of hydrogen-bond acceptors (Lipinski definition) is 4. The third-order valence-corrected chi connectivity index (χ3v) is 7.51. The number of sulfonamides is 1. The summed E-state index contributed by atoms with van der Waals surface area (Å²) in [5.74, 6) is 1.12. The van der Waals surface area contributed by atoms with Gasteiger partial charge in [0, 0.05) is 22.8 Å². The van der Waals surface area contributed by atoms with Crippen molar-refractivity contribution in [2.24, 2.45) is 11.8 Å². The summed E-state index contributed by atoms with van der Waals surface area (Å²) in [5, 5.41) is 9.14. The van der Waals surface area contributed by atoms with Crippen LogP contribution in [0.4, 0.5) is 0 Å². The Labute approximate surface area is 118 Å². The predicted molar refractivity (Wildman–Crippen MR) is 74.6 cm³/mol. The van der Waals surface area contributed by atoms with Crippen molar-refractivity contribution in [3.05, 3.63) is 15.8 Å². The summed E-state index contributed by atoms with van der Waals surface area (Å²) in [6.07, 6.45) is 3.58. The van der Waals surface area contributed by atoms with Crippen LogP contribution in [0.3, 0.4) is 0 Å². The molecule has 0 spiro atoms. The molecular formula is C13H19NO3S2. The van der Waals surface area contributed by atoms with Crippen LogP contribution in [0.1, 0.15) is 29.0 Å². The van der Waals surface area contributed by atoms with Crippen LogP contribution in [0.15, 0.2) is 11.0 Å². The van der Waals surface area contributed by atoms with E-state index in [1.165, 1.54) is 30.6 Å². The maximum absolute atomic E-state index is 12.7. The van der Waals surface area contributed by atoms with E-state index in [4.69, 9.17) is 5.11 Å². The minimum Gasteiger partial charge on any atom is -0.391 e. The van der Waals surface area contributed by atoms with Crippen LogP contribution in [0.5, 0.6) is 0 Å². The van der Waals surface area contributed by atoms with Gasteiger partial charge in [-0.2, -0.15) is 4.31 Å². The molecule has 19 heavy (non-hydrogen) atoms. The number of fused-ring (bicyclic) bond motifs is 1. The molecule has 3 rings (SSSR count). The molecule has 0 aromatic carbocycles. The molecule has 1 saturated heterocycles. The molecule has 2 fully saturated rings. The standard InChI is InChI=1S/C13H19NO3S2/c1-9-13(5-12(8-15)18-9)19(16,17)14-6-10-3-2-4-11(10)7-14/h5,10-11,15H,2-4,6-8H2,1H3. The largest absolute Gasteiger partial charge is 0.391 e. The molecule has 2 atom stereocenters. The lowest BCUT2D eigenvalue weighted by molar-refractivity contribution is 0.285. The third-order valence-electron chi connectivity index (χ3n) is 4.39. The van der Waals surface area contributed by atoms with Gasteiger partial charge < -0.3 is 5.11 Å². The fourth-order valence-corrected chi connectivity index (χ4v) is 6.40. The quantitative estimate of drug-likeness (QED) is 0.928. The zero-order chi connectivity index (χ0) is 13.6. The maximum atomic E-state index is 12.7. The molecule has 1 aromatic rings. The van der Waals surface area contributed by atoms with Crippen LogP contribution in [-0.2, 0) is 16.6 Å². The minimum absolute atomic E-state index is 0.0910. The molecule has 0 amide bonds. The third kappa shape index (κ3) is 2.24. The van der Waals surface area contributed by atoms with Gasteiger partial charge in [0.25, 0.3) is 0 Å². The molecule has 0 radical (unpaired) electrons. The Morgan fingerprint density at radius 3 is 2.53 bits per heavy atom. The first kappa shape index (κ1) is 13.5. The zero-order valence-electron chi connectivity index (χ0n) is 11.0. The van der Waals surface area contributed by atoms with Crippen LogP contribution >= 0.6 is 11.3 Å². The molecule has 1 N–H and O–H groups in total. The molecule has 2 unspecified atom stereocenters. The second-order valence-corrected chi connectivity index (χ2v) is 8.81. The maximum Gasteiger partial charge on any atom is 0.244 e. The number of rotatable bonds is 3. The van der Waals surface area contributed by atoms with Gasteiger partial charge in [-0.15, -0.1) is 11.3 Å². The molecule has 106 valence electrons. The monoisotopic (exact) mass is 301 g/mol. The lowest BCUT2D eigenvalue weighted by Gasteiger charge is -2.17. The van der Waals surface area contributed by atoms with E-state index in [9.17, 15) is 8.42 Å². The molecule has 1 aromatic heterocycles. The van der Waals surface area contributed by atoms with Gasteiger partial charge in [-0.3, -0.25) is 0 Å². The van der Waals surface area contributed by atoms with Gasteiger partial charge in [0.05, 0.1) is 11.5 Å². The van der Waals surface area contributed by atoms with Crippen molar-refractivity contribution < 1.29 is 13.5 Å². The van der Waals surface area contributed by atoms with Gasteiger partial charge in [-0.25, -0.2) is 8.42 Å². The normalized spacial score (nSPS) is 27.9. The van der Waals surface area contributed by atoms with Gasteiger partial charge >= 0.3 is 0 Å². The van der Waals surface area contributed by atoms with Crippen molar-refractivity contribution in [2.45, 2.75) is 37.7 Å². The smallest absolute Gasteiger partial charge is 0.244 e. The van der Waals surface area contributed by atoms with Crippen molar-refractivity contribution in [3.63, 3.8) is 0 Å². The summed E-state index contributed by atoms with van der Waals surface area (Å²) < 4.78 is 27.0. The van der Waals surface area contributed by atoms with Crippen LogP contribution < -0.4 is 0 Å². The Hall–Kier alpha value is -0.430. The first-order valence-electron chi connectivity index (χ1n) is 6.72. The molecule has 1 aliphatic heterocycles. The van der Waals surface area contributed by atoms with E-state index < -0.39 is 10.0 Å². The first-order valence-corrected chi connectivity index (χ1v) is 8.98. The van der Waals surface area contributed by atoms with Crippen LogP contribution in [0.2, 0.25) is 0 Å². The summed E-state index contributed by atoms with van der Waals surface area (Å²) >= 11 is 1.37. The molecule has 0 bridgehead atoms. The number of nitrogens with zero attached hydrogens (tertiary/aromatic N) is 1. The van der Waals surface area contributed by atoms with E-state index in [0.29, 0.717) is 29.8 Å². The molecule has 2 aliphatic rings. The predicted octanol–water partition coefficient (Wildman–Crippen LogP) is 1.97. The first-order chi connectivity index (χ1) is 9.02. The van der Waals surface area contributed by atoms with Crippen molar-refractivity contribution in [3.8, 4) is 0 Å². The van der Waals surface area contributed by atoms with E-state index in [1.54, 1.807) is 10.4 Å². The average molecular weight is 301 g/mol. The Morgan fingerprint density at radius 2 is 2.00 bits per heavy atom. The molecule has 4 nitrogen and oxygen atoms in total. The van der Waals surface area contributed by atoms with Gasteiger partial charge in [0.15, 0.2) is 0 Å². The lowest BCUT2D eigenvalue weighted by Crippen LogP contribution is -2.29. The van der Waals surface area contributed by atoms with Crippen molar-refractivity contribution in [1.82, 2.24) is 4.31 Å². The van der Waals surface area contributed by atoms with Crippen molar-refractivity contribution in [2.75, 3.05) is 13.1 Å². The number of aliphatic hydroxyl groups excluding tert-OH is 1.